The molecule has 0 spiro atoms. The molecule has 12 heteroatoms. The average Bonchev–Trinajstić information content (AvgIpc) is 2.85. The van der Waals surface area contributed by atoms with Gasteiger partial charge in [-0.15, -0.1) is 13.2 Å². The Morgan fingerprint density at radius 3 is 2.27 bits per heavy atom. The van der Waals surface area contributed by atoms with Gasteiger partial charge >= 0.3 is 6.36 Å². The van der Waals surface area contributed by atoms with Gasteiger partial charge in [-0.2, -0.15) is 0 Å². The zero-order chi connectivity index (χ0) is 26.4. The second kappa shape index (κ2) is 9.20. The molecule has 196 valence electrons. The number of ether oxygens (including phenoxy) is 2. The van der Waals surface area contributed by atoms with Crippen LogP contribution < -0.4 is 20.1 Å². The standard InChI is InChI=1S/C25H23ClF3N3O5/c26-14-1-4-19-16(11-14)18(33)12-20(36-19)22(35)32-24-8-5-23(6-9-24,7-10-24)31-21(34)17-3-2-15(13-30-17)37-25(27,28)29/h1-4,11,13,20H,5-10,12H2,(H,31,34)(H,32,35)/t20-,23?,24?/m0/s1. The Morgan fingerprint density at radius 2 is 1.68 bits per heavy atom. The normalized spacial score (nSPS) is 26.6. The molecule has 4 aliphatic rings. The maximum Gasteiger partial charge on any atom is 0.573 e. The SMILES string of the molecule is O=C(NC12CCC(NC(=O)[C@@H]3CC(=O)c4cc(Cl)ccc4O3)(CC1)CC2)c1ccc(OC(F)(F)F)cn1. The first-order valence-electron chi connectivity index (χ1n) is 11.8. The quantitative estimate of drug-likeness (QED) is 0.587. The van der Waals surface area contributed by atoms with E-state index < -0.39 is 35.2 Å². The monoisotopic (exact) mass is 537 g/mol. The first-order chi connectivity index (χ1) is 17.4. The first kappa shape index (κ1) is 25.3. The van der Waals surface area contributed by atoms with Crippen molar-refractivity contribution >= 4 is 29.2 Å². The van der Waals surface area contributed by atoms with Crippen LogP contribution in [-0.4, -0.2) is 46.1 Å². The minimum absolute atomic E-state index is 0.0136. The Morgan fingerprint density at radius 1 is 1.03 bits per heavy atom. The lowest BCUT2D eigenvalue weighted by atomic mass is 9.61. The summed E-state index contributed by atoms with van der Waals surface area (Å²) in [7, 11) is 0. The average molecular weight is 538 g/mol. The zero-order valence-corrected chi connectivity index (χ0v) is 20.2. The van der Waals surface area contributed by atoms with Gasteiger partial charge in [0.1, 0.15) is 17.2 Å². The largest absolute Gasteiger partial charge is 0.573 e. The van der Waals surface area contributed by atoms with Gasteiger partial charge in [0, 0.05) is 16.1 Å². The summed E-state index contributed by atoms with van der Waals surface area (Å²) in [5, 5.41) is 6.53. The van der Waals surface area contributed by atoms with Gasteiger partial charge in [0.2, 0.25) is 0 Å². The Hall–Kier alpha value is -3.34. The summed E-state index contributed by atoms with van der Waals surface area (Å²) in [6.45, 7) is 0. The second-order valence-corrected chi connectivity index (χ2v) is 10.2. The van der Waals surface area contributed by atoms with Crippen LogP contribution in [0.5, 0.6) is 11.5 Å². The van der Waals surface area contributed by atoms with Crippen LogP contribution in [0, 0.1) is 0 Å². The van der Waals surface area contributed by atoms with E-state index >= 15 is 0 Å². The second-order valence-electron chi connectivity index (χ2n) is 9.81. The number of carbonyl (C=O) groups excluding carboxylic acids is 3. The van der Waals surface area contributed by atoms with Gasteiger partial charge in [0.25, 0.3) is 11.8 Å². The third kappa shape index (κ3) is 5.36. The van der Waals surface area contributed by atoms with Crippen LogP contribution in [0.4, 0.5) is 13.2 Å². The van der Waals surface area contributed by atoms with Crippen LogP contribution in [0.15, 0.2) is 36.5 Å². The minimum Gasteiger partial charge on any atom is -0.479 e. The molecule has 0 saturated heterocycles. The number of benzene rings is 1. The van der Waals surface area contributed by atoms with Crippen molar-refractivity contribution in [3.8, 4) is 11.5 Å². The number of halogens is 4. The summed E-state index contributed by atoms with van der Waals surface area (Å²) in [4.78, 5) is 42.1. The Kier molecular flexibility index (Phi) is 6.29. The summed E-state index contributed by atoms with van der Waals surface area (Å²) >= 11 is 5.96. The fourth-order valence-electron chi connectivity index (χ4n) is 5.36. The number of carbonyl (C=O) groups is 3. The summed E-state index contributed by atoms with van der Waals surface area (Å²) < 4.78 is 46.6. The number of fused-ring (bicyclic) bond motifs is 4. The maximum atomic E-state index is 13.1. The van der Waals surface area contributed by atoms with Crippen molar-refractivity contribution in [1.82, 2.24) is 15.6 Å². The van der Waals surface area contributed by atoms with Gasteiger partial charge in [-0.25, -0.2) is 4.98 Å². The number of nitrogens with one attached hydrogen (secondary N) is 2. The minimum atomic E-state index is -4.84. The van der Waals surface area contributed by atoms with Gasteiger partial charge in [-0.1, -0.05) is 11.6 Å². The molecular weight excluding hydrogens is 515 g/mol. The molecule has 3 aliphatic carbocycles. The molecule has 2 N–H and O–H groups in total. The number of rotatable bonds is 5. The zero-order valence-electron chi connectivity index (χ0n) is 19.5. The number of alkyl halides is 3. The smallest absolute Gasteiger partial charge is 0.479 e. The summed E-state index contributed by atoms with van der Waals surface area (Å²) in [5.74, 6) is -1.21. The van der Waals surface area contributed by atoms with Crippen LogP contribution >= 0.6 is 11.6 Å². The molecule has 2 bridgehead atoms. The lowest BCUT2D eigenvalue weighted by molar-refractivity contribution is -0.274. The molecule has 1 aliphatic heterocycles. The Balaban J connectivity index is 1.18. The van der Waals surface area contributed by atoms with Crippen LogP contribution in [0.2, 0.25) is 5.02 Å². The number of pyridine rings is 1. The number of hydrogen-bond acceptors (Lipinski definition) is 6. The van der Waals surface area contributed by atoms with Gasteiger partial charge in [0.05, 0.1) is 18.2 Å². The topological polar surface area (TPSA) is 107 Å². The number of aromatic nitrogens is 1. The van der Waals surface area contributed by atoms with Crippen molar-refractivity contribution in [1.29, 1.82) is 0 Å². The summed E-state index contributed by atoms with van der Waals surface area (Å²) in [6, 6.07) is 6.93. The molecule has 1 atom stereocenters. The van der Waals surface area contributed by atoms with Crippen LogP contribution in [0.25, 0.3) is 0 Å². The van der Waals surface area contributed by atoms with Crippen molar-refractivity contribution < 1.29 is 37.0 Å². The highest BCUT2D eigenvalue weighted by atomic mass is 35.5. The van der Waals surface area contributed by atoms with E-state index in [2.05, 4.69) is 20.4 Å². The van der Waals surface area contributed by atoms with Gasteiger partial charge in [-0.05, 0) is 68.9 Å². The van der Waals surface area contributed by atoms with E-state index in [4.69, 9.17) is 16.3 Å². The van der Waals surface area contributed by atoms with Crippen molar-refractivity contribution in [2.24, 2.45) is 0 Å². The fourth-order valence-corrected chi connectivity index (χ4v) is 5.53. The van der Waals surface area contributed by atoms with E-state index in [-0.39, 0.29) is 23.8 Å². The number of hydrogen-bond donors (Lipinski definition) is 2. The van der Waals surface area contributed by atoms with E-state index in [1.54, 1.807) is 12.1 Å². The van der Waals surface area contributed by atoms with E-state index in [0.29, 0.717) is 54.9 Å². The number of Topliss-reactive ketones (excluding diaryl/α,β-unsaturated/α-hetero) is 1. The molecule has 2 amide bonds. The predicted molar refractivity (Wildman–Crippen MR) is 125 cm³/mol. The molecule has 2 heterocycles. The van der Waals surface area contributed by atoms with Crippen LogP contribution in [-0.2, 0) is 4.79 Å². The molecule has 3 fully saturated rings. The highest BCUT2D eigenvalue weighted by Crippen LogP contribution is 2.47. The number of nitrogens with zero attached hydrogens (tertiary/aromatic N) is 1. The number of ketones is 1. The maximum absolute atomic E-state index is 13.1. The van der Waals surface area contributed by atoms with E-state index in [0.717, 1.165) is 12.3 Å². The molecule has 0 unspecified atom stereocenters. The third-order valence-corrected chi connectivity index (χ3v) is 7.63. The molecule has 37 heavy (non-hydrogen) atoms. The molecule has 6 rings (SSSR count). The Labute approximate surface area is 214 Å². The van der Waals surface area contributed by atoms with Gasteiger partial charge in [0.15, 0.2) is 11.9 Å². The lowest BCUT2D eigenvalue weighted by Gasteiger charge is -2.54. The molecule has 0 radical (unpaired) electrons. The predicted octanol–water partition coefficient (Wildman–Crippen LogP) is 4.36. The molecule has 1 aromatic carbocycles. The number of amides is 2. The van der Waals surface area contributed by atoms with Gasteiger partial charge < -0.3 is 20.1 Å². The summed E-state index contributed by atoms with van der Waals surface area (Å²) in [6.07, 6.45) is -1.29. The van der Waals surface area contributed by atoms with Gasteiger partial charge in [-0.3, -0.25) is 14.4 Å². The van der Waals surface area contributed by atoms with Crippen molar-refractivity contribution in [3.05, 3.63) is 52.8 Å². The fraction of sp³-hybridized carbons (Fsp3) is 0.440. The lowest BCUT2D eigenvalue weighted by Crippen LogP contribution is -2.65. The Bertz CT molecular complexity index is 1230. The molecule has 8 nitrogen and oxygen atoms in total. The first-order valence-corrected chi connectivity index (χ1v) is 12.2. The van der Waals surface area contributed by atoms with Crippen LogP contribution in [0.3, 0.4) is 0 Å². The van der Waals surface area contributed by atoms with Crippen LogP contribution in [0.1, 0.15) is 65.8 Å². The van der Waals surface area contributed by atoms with Crippen molar-refractivity contribution in [2.75, 3.05) is 0 Å². The van der Waals surface area contributed by atoms with E-state index in [9.17, 15) is 27.6 Å². The summed E-state index contributed by atoms with van der Waals surface area (Å²) in [5.41, 5.74) is -0.588. The molecule has 2 aromatic rings. The highest BCUT2D eigenvalue weighted by Gasteiger charge is 2.51. The van der Waals surface area contributed by atoms with E-state index in [1.165, 1.54) is 12.1 Å². The third-order valence-electron chi connectivity index (χ3n) is 7.39. The highest BCUT2D eigenvalue weighted by molar-refractivity contribution is 6.31. The molecule has 3 saturated carbocycles. The van der Waals surface area contributed by atoms with Crippen molar-refractivity contribution in [3.63, 3.8) is 0 Å². The van der Waals surface area contributed by atoms with Crippen molar-refractivity contribution in [2.45, 2.75) is 68.5 Å². The van der Waals surface area contributed by atoms with E-state index in [1.807, 2.05) is 0 Å². The molecule has 1 aromatic heterocycles. The molecular formula is C25H23ClF3N3O5.